The van der Waals surface area contributed by atoms with Crippen molar-refractivity contribution in [3.8, 4) is 0 Å². The van der Waals surface area contributed by atoms with E-state index >= 15 is 0 Å². The second-order valence-electron chi connectivity index (χ2n) is 5.46. The highest BCUT2D eigenvalue weighted by Crippen LogP contribution is 2.29. The van der Waals surface area contributed by atoms with Gasteiger partial charge in [0.2, 0.25) is 5.91 Å². The number of carbonyl (C=O) groups is 1. The summed E-state index contributed by atoms with van der Waals surface area (Å²) in [6, 6.07) is 2.15. The van der Waals surface area contributed by atoms with Crippen LogP contribution in [0.25, 0.3) is 0 Å². The molecule has 0 spiro atoms. The zero-order valence-electron chi connectivity index (χ0n) is 12.6. The molecule has 8 heteroatoms. The van der Waals surface area contributed by atoms with Crippen molar-refractivity contribution in [1.82, 2.24) is 10.3 Å². The summed E-state index contributed by atoms with van der Waals surface area (Å²) in [5, 5.41) is 12.9. The Labute approximate surface area is 131 Å². The molecule has 124 valence electrons. The van der Waals surface area contributed by atoms with Crippen LogP contribution in [0.15, 0.2) is 23.4 Å². The number of nitrogens with zero attached hydrogens (tertiary/aromatic N) is 1. The van der Waals surface area contributed by atoms with Crippen molar-refractivity contribution >= 4 is 17.7 Å². The van der Waals surface area contributed by atoms with E-state index in [4.69, 9.17) is 0 Å². The highest BCUT2D eigenvalue weighted by atomic mass is 32.2. The molecule has 2 N–H and O–H groups in total. The van der Waals surface area contributed by atoms with Gasteiger partial charge in [0.15, 0.2) is 0 Å². The van der Waals surface area contributed by atoms with Crippen molar-refractivity contribution in [3.63, 3.8) is 0 Å². The Morgan fingerprint density at radius 3 is 2.50 bits per heavy atom. The van der Waals surface area contributed by atoms with Gasteiger partial charge in [-0.05, 0) is 25.0 Å². The summed E-state index contributed by atoms with van der Waals surface area (Å²) in [6.07, 6.45) is -3.68. The summed E-state index contributed by atoms with van der Waals surface area (Å²) in [5.41, 5.74) is -1.83. The lowest BCUT2D eigenvalue weighted by Crippen LogP contribution is -2.44. The maximum atomic E-state index is 12.4. The average molecular weight is 336 g/mol. The maximum Gasteiger partial charge on any atom is 0.417 e. The predicted octanol–water partition coefficient (Wildman–Crippen LogP) is 2.72. The molecule has 0 aliphatic rings. The smallest absolute Gasteiger partial charge is 0.388 e. The van der Waals surface area contributed by atoms with Crippen LogP contribution in [0.1, 0.15) is 26.3 Å². The Hall–Kier alpha value is -1.28. The van der Waals surface area contributed by atoms with E-state index in [0.29, 0.717) is 5.03 Å². The fourth-order valence-corrected chi connectivity index (χ4v) is 1.98. The van der Waals surface area contributed by atoms with Crippen molar-refractivity contribution in [3.05, 3.63) is 23.9 Å². The number of aromatic nitrogens is 1. The summed E-state index contributed by atoms with van der Waals surface area (Å²) < 4.78 is 37.1. The molecule has 1 atom stereocenters. The van der Waals surface area contributed by atoms with Crippen molar-refractivity contribution in [2.24, 2.45) is 5.92 Å². The Kier molecular flexibility index (Phi) is 6.25. The summed E-state index contributed by atoms with van der Waals surface area (Å²) in [6.45, 7) is 5.42. The third kappa shape index (κ3) is 5.84. The minimum atomic E-state index is -4.42. The zero-order chi connectivity index (χ0) is 17.0. The summed E-state index contributed by atoms with van der Waals surface area (Å²) in [4.78, 5) is 15.3. The van der Waals surface area contributed by atoms with Crippen molar-refractivity contribution in [1.29, 1.82) is 0 Å². The van der Waals surface area contributed by atoms with Gasteiger partial charge in [0, 0.05) is 12.7 Å². The normalized spacial score (nSPS) is 14.7. The van der Waals surface area contributed by atoms with E-state index < -0.39 is 17.3 Å². The largest absolute Gasteiger partial charge is 0.417 e. The van der Waals surface area contributed by atoms with Crippen LogP contribution in [0.5, 0.6) is 0 Å². The molecule has 4 nitrogen and oxygen atoms in total. The van der Waals surface area contributed by atoms with Crippen LogP contribution in [0, 0.1) is 5.92 Å². The van der Waals surface area contributed by atoms with Gasteiger partial charge < -0.3 is 10.4 Å². The van der Waals surface area contributed by atoms with Crippen LogP contribution < -0.4 is 5.32 Å². The van der Waals surface area contributed by atoms with Gasteiger partial charge in [-0.25, -0.2) is 4.98 Å². The number of alkyl halides is 3. The van der Waals surface area contributed by atoms with Gasteiger partial charge in [0.1, 0.15) is 0 Å². The SMILES string of the molecule is CC(C)C(C)(O)CNC(=O)CSc1ccc(C(F)(F)F)cn1. The van der Waals surface area contributed by atoms with E-state index in [1.54, 1.807) is 6.92 Å². The number of hydrogen-bond donors (Lipinski definition) is 2. The number of halogens is 3. The van der Waals surface area contributed by atoms with Gasteiger partial charge in [-0.1, -0.05) is 25.6 Å². The maximum absolute atomic E-state index is 12.4. The highest BCUT2D eigenvalue weighted by Gasteiger charge is 2.30. The molecular weight excluding hydrogens is 317 g/mol. The lowest BCUT2D eigenvalue weighted by Gasteiger charge is -2.27. The lowest BCUT2D eigenvalue weighted by molar-refractivity contribution is -0.137. The first kappa shape index (κ1) is 18.8. The number of aliphatic hydroxyl groups is 1. The number of thioether (sulfide) groups is 1. The first-order valence-electron chi connectivity index (χ1n) is 6.67. The molecule has 1 amide bonds. The molecule has 1 rings (SSSR count). The van der Waals surface area contributed by atoms with Crippen LogP contribution in [0.2, 0.25) is 0 Å². The van der Waals surface area contributed by atoms with E-state index in [1.807, 2.05) is 13.8 Å². The van der Waals surface area contributed by atoms with Crippen molar-refractivity contribution < 1.29 is 23.1 Å². The van der Waals surface area contributed by atoms with Crippen molar-refractivity contribution in [2.45, 2.75) is 37.6 Å². The Balaban J connectivity index is 2.45. The van der Waals surface area contributed by atoms with Gasteiger partial charge in [0.25, 0.3) is 0 Å². The van der Waals surface area contributed by atoms with Gasteiger partial charge >= 0.3 is 6.18 Å². The van der Waals surface area contributed by atoms with E-state index in [0.717, 1.165) is 24.0 Å². The summed E-state index contributed by atoms with van der Waals surface area (Å²) >= 11 is 1.03. The van der Waals surface area contributed by atoms with Gasteiger partial charge in [-0.3, -0.25) is 4.79 Å². The minimum Gasteiger partial charge on any atom is -0.388 e. The standard InChI is InChI=1S/C14H19F3N2O2S/c1-9(2)13(3,21)8-19-11(20)7-22-12-5-4-10(6-18-12)14(15,16)17/h4-6,9,21H,7-8H2,1-3H3,(H,19,20). The molecule has 1 aromatic rings. The topological polar surface area (TPSA) is 62.2 Å². The quantitative estimate of drug-likeness (QED) is 0.784. The molecular formula is C14H19F3N2O2S. The van der Waals surface area contributed by atoms with Crippen LogP contribution in [-0.4, -0.2) is 33.9 Å². The van der Waals surface area contributed by atoms with E-state index in [2.05, 4.69) is 10.3 Å². The molecule has 0 bridgehead atoms. The predicted molar refractivity (Wildman–Crippen MR) is 78.4 cm³/mol. The van der Waals surface area contributed by atoms with Crippen LogP contribution >= 0.6 is 11.8 Å². The first-order chi connectivity index (χ1) is 10.0. The van der Waals surface area contributed by atoms with Crippen LogP contribution in [-0.2, 0) is 11.0 Å². The molecule has 0 aromatic carbocycles. The fraction of sp³-hybridized carbons (Fsp3) is 0.571. The van der Waals surface area contributed by atoms with E-state index in [9.17, 15) is 23.1 Å². The number of carbonyl (C=O) groups excluding carboxylic acids is 1. The number of hydrogen-bond acceptors (Lipinski definition) is 4. The molecule has 1 aromatic heterocycles. The summed E-state index contributed by atoms with van der Waals surface area (Å²) in [7, 11) is 0. The molecule has 1 heterocycles. The average Bonchev–Trinajstić information content (AvgIpc) is 2.42. The summed E-state index contributed by atoms with van der Waals surface area (Å²) in [5.74, 6) is -0.309. The van der Waals surface area contributed by atoms with Gasteiger partial charge in [-0.15, -0.1) is 0 Å². The fourth-order valence-electron chi connectivity index (χ4n) is 1.31. The first-order valence-corrected chi connectivity index (χ1v) is 7.66. The lowest BCUT2D eigenvalue weighted by atomic mass is 9.93. The Bertz CT molecular complexity index is 502. The monoisotopic (exact) mass is 336 g/mol. The van der Waals surface area contributed by atoms with Gasteiger partial charge in [0.05, 0.1) is 21.9 Å². The van der Waals surface area contributed by atoms with E-state index in [1.165, 1.54) is 6.07 Å². The molecule has 0 aliphatic carbocycles. The molecule has 22 heavy (non-hydrogen) atoms. The number of amides is 1. The number of nitrogens with one attached hydrogen (secondary N) is 1. The molecule has 0 fully saturated rings. The zero-order valence-corrected chi connectivity index (χ0v) is 13.4. The van der Waals surface area contributed by atoms with Crippen LogP contribution in [0.3, 0.4) is 0 Å². The molecule has 0 saturated heterocycles. The molecule has 0 radical (unpaired) electrons. The number of rotatable bonds is 6. The Morgan fingerprint density at radius 1 is 1.41 bits per heavy atom. The molecule has 0 saturated carbocycles. The Morgan fingerprint density at radius 2 is 2.05 bits per heavy atom. The van der Waals surface area contributed by atoms with Crippen molar-refractivity contribution in [2.75, 3.05) is 12.3 Å². The van der Waals surface area contributed by atoms with Crippen LogP contribution in [0.4, 0.5) is 13.2 Å². The third-order valence-corrected chi connectivity index (χ3v) is 4.25. The molecule has 0 aliphatic heterocycles. The highest BCUT2D eigenvalue weighted by molar-refractivity contribution is 7.99. The molecule has 1 unspecified atom stereocenters. The third-order valence-electron chi connectivity index (χ3n) is 3.30. The second kappa shape index (κ2) is 7.32. The number of pyridine rings is 1. The second-order valence-corrected chi connectivity index (χ2v) is 6.46. The van der Waals surface area contributed by atoms with Gasteiger partial charge in [-0.2, -0.15) is 13.2 Å². The minimum absolute atomic E-state index is 0.0166. The van der Waals surface area contributed by atoms with E-state index in [-0.39, 0.29) is 24.1 Å².